The Bertz CT molecular complexity index is 1100. The minimum atomic E-state index is -0.754. The largest absolute Gasteiger partial charge is 0.343 e. The van der Waals surface area contributed by atoms with Gasteiger partial charge in [-0.25, -0.2) is 0 Å². The molecule has 8 nitrogen and oxygen atoms in total. The van der Waals surface area contributed by atoms with Crippen LogP contribution < -0.4 is 22.1 Å². The Balaban J connectivity index is 1.72. The van der Waals surface area contributed by atoms with Crippen LogP contribution in [0.2, 0.25) is 0 Å². The Hall–Kier alpha value is -3.33. The second kappa shape index (κ2) is 11.7. The predicted octanol–water partition coefficient (Wildman–Crippen LogP) is 1.65. The number of rotatable bonds is 11. The number of para-hydroxylation sites is 1. The third kappa shape index (κ3) is 7.34. The van der Waals surface area contributed by atoms with Crippen molar-refractivity contribution in [3.8, 4) is 0 Å². The molecule has 3 aromatic rings. The lowest BCUT2D eigenvalue weighted by atomic mass is 10.0. The summed E-state index contributed by atoms with van der Waals surface area (Å²) >= 11 is 0. The van der Waals surface area contributed by atoms with Crippen molar-refractivity contribution in [3.05, 3.63) is 72.4 Å². The average Bonchev–Trinajstić information content (AvgIpc) is 2.81. The number of amides is 2. The molecule has 0 unspecified atom stereocenters. The fourth-order valence-corrected chi connectivity index (χ4v) is 3.93. The number of fused-ring (bicyclic) bond motifs is 1. The summed E-state index contributed by atoms with van der Waals surface area (Å²) in [6.07, 6.45) is 2.70. The topological polar surface area (TPSA) is 123 Å². The van der Waals surface area contributed by atoms with Crippen LogP contribution in [-0.2, 0) is 16.0 Å². The molecule has 1 aromatic heterocycles. The second-order valence-corrected chi connectivity index (χ2v) is 9.23. The van der Waals surface area contributed by atoms with Gasteiger partial charge in [-0.3, -0.25) is 14.6 Å². The summed E-state index contributed by atoms with van der Waals surface area (Å²) in [6, 6.07) is 17.9. The van der Waals surface area contributed by atoms with Gasteiger partial charge >= 0.3 is 0 Å². The maximum absolute atomic E-state index is 13.2. The minimum absolute atomic E-state index is 0.302. The highest BCUT2D eigenvalue weighted by Gasteiger charge is 2.28. The van der Waals surface area contributed by atoms with Crippen molar-refractivity contribution in [1.29, 1.82) is 0 Å². The Morgan fingerprint density at radius 3 is 2.47 bits per heavy atom. The van der Waals surface area contributed by atoms with E-state index in [1.54, 1.807) is 6.20 Å². The molecule has 6 N–H and O–H groups in total. The molecule has 1 heterocycles. The number of carbonyl (C=O) groups is 2. The molecule has 2 atom stereocenters. The van der Waals surface area contributed by atoms with Gasteiger partial charge in [0, 0.05) is 11.9 Å². The van der Waals surface area contributed by atoms with Crippen LogP contribution in [0, 0.1) is 0 Å². The van der Waals surface area contributed by atoms with Crippen LogP contribution in [0.1, 0.15) is 12.0 Å². The number of hydrogen-bond donors (Lipinski definition) is 4. The van der Waals surface area contributed by atoms with Gasteiger partial charge in [0.2, 0.25) is 11.8 Å². The Morgan fingerprint density at radius 1 is 1.03 bits per heavy atom. The third-order valence-corrected chi connectivity index (χ3v) is 5.82. The van der Waals surface area contributed by atoms with Crippen LogP contribution in [0.5, 0.6) is 0 Å². The van der Waals surface area contributed by atoms with Crippen LogP contribution in [-0.4, -0.2) is 67.1 Å². The molecule has 180 valence electrons. The van der Waals surface area contributed by atoms with Crippen LogP contribution in [0.15, 0.2) is 66.9 Å². The molecular weight excluding hydrogens is 428 g/mol. The first-order chi connectivity index (χ1) is 16.3. The van der Waals surface area contributed by atoms with Crippen LogP contribution >= 0.6 is 0 Å². The quantitative estimate of drug-likeness (QED) is 0.322. The van der Waals surface area contributed by atoms with Crippen molar-refractivity contribution in [2.24, 2.45) is 11.5 Å². The van der Waals surface area contributed by atoms with Gasteiger partial charge in [-0.1, -0.05) is 48.5 Å². The van der Waals surface area contributed by atoms with Crippen LogP contribution in [0.3, 0.4) is 0 Å². The molecule has 2 aromatic carbocycles. The van der Waals surface area contributed by atoms with Crippen molar-refractivity contribution >= 4 is 28.4 Å². The number of quaternary nitrogens is 1. The highest BCUT2D eigenvalue weighted by molar-refractivity contribution is 5.98. The number of nitrogens with two attached hydrogens (primary N) is 2. The van der Waals surface area contributed by atoms with Gasteiger partial charge in [-0.15, -0.1) is 0 Å². The van der Waals surface area contributed by atoms with Gasteiger partial charge in [0.15, 0.2) is 0 Å². The number of anilines is 1. The molecule has 3 rings (SSSR count). The molecule has 0 bridgehead atoms. The maximum Gasteiger partial charge on any atom is 0.247 e. The number of aromatic nitrogens is 1. The molecule has 0 spiro atoms. The average molecular weight is 464 g/mol. The SMILES string of the molecule is C[N+](C)(CCN)C[C@H](N)C(=O)N[C@H](CCc1ccccc1)C(=O)Nc1cnc2ccccc2c1. The van der Waals surface area contributed by atoms with Crippen molar-refractivity contribution in [2.45, 2.75) is 24.9 Å². The predicted molar refractivity (Wildman–Crippen MR) is 136 cm³/mol. The van der Waals surface area contributed by atoms with E-state index in [2.05, 4.69) is 15.6 Å². The number of nitrogens with zero attached hydrogens (tertiary/aromatic N) is 2. The first-order valence-electron chi connectivity index (χ1n) is 11.5. The van der Waals surface area contributed by atoms with E-state index in [-0.39, 0.29) is 11.8 Å². The van der Waals surface area contributed by atoms with Crippen molar-refractivity contribution in [1.82, 2.24) is 10.3 Å². The van der Waals surface area contributed by atoms with Gasteiger partial charge in [-0.2, -0.15) is 0 Å². The lowest BCUT2D eigenvalue weighted by Crippen LogP contribution is -2.57. The van der Waals surface area contributed by atoms with E-state index in [1.807, 2.05) is 74.8 Å². The molecular formula is C26H35N6O2+. The van der Waals surface area contributed by atoms with Crippen molar-refractivity contribution in [3.63, 3.8) is 0 Å². The van der Waals surface area contributed by atoms with Gasteiger partial charge in [-0.05, 0) is 30.5 Å². The normalized spacial score (nSPS) is 13.3. The lowest BCUT2D eigenvalue weighted by Gasteiger charge is -2.31. The lowest BCUT2D eigenvalue weighted by molar-refractivity contribution is -0.888. The first kappa shape index (κ1) is 25.3. The number of carbonyl (C=O) groups excluding carboxylic acids is 2. The van der Waals surface area contributed by atoms with Gasteiger partial charge in [0.25, 0.3) is 0 Å². The van der Waals surface area contributed by atoms with Crippen molar-refractivity contribution in [2.75, 3.05) is 39.0 Å². The summed E-state index contributed by atoms with van der Waals surface area (Å²) in [5.74, 6) is -0.655. The highest BCUT2D eigenvalue weighted by atomic mass is 16.2. The van der Waals surface area contributed by atoms with E-state index in [9.17, 15) is 9.59 Å². The van der Waals surface area contributed by atoms with E-state index in [4.69, 9.17) is 11.5 Å². The van der Waals surface area contributed by atoms with E-state index >= 15 is 0 Å². The zero-order valence-electron chi connectivity index (χ0n) is 19.9. The highest BCUT2D eigenvalue weighted by Crippen LogP contribution is 2.17. The smallest absolute Gasteiger partial charge is 0.247 e. The molecule has 0 radical (unpaired) electrons. The molecule has 0 saturated carbocycles. The fourth-order valence-electron chi connectivity index (χ4n) is 3.93. The van der Waals surface area contributed by atoms with Gasteiger partial charge in [0.1, 0.15) is 18.6 Å². The summed E-state index contributed by atoms with van der Waals surface area (Å²) in [4.78, 5) is 30.5. The zero-order chi connectivity index (χ0) is 24.6. The number of aryl methyl sites for hydroxylation is 1. The summed E-state index contributed by atoms with van der Waals surface area (Å²) in [7, 11) is 3.96. The van der Waals surface area contributed by atoms with E-state index < -0.39 is 12.1 Å². The maximum atomic E-state index is 13.2. The molecule has 2 amide bonds. The second-order valence-electron chi connectivity index (χ2n) is 9.23. The zero-order valence-corrected chi connectivity index (χ0v) is 19.9. The number of likely N-dealkylation sites (N-methyl/N-ethyl adjacent to an activating group) is 1. The first-order valence-corrected chi connectivity index (χ1v) is 11.5. The molecule has 0 aliphatic rings. The third-order valence-electron chi connectivity index (χ3n) is 5.82. The van der Waals surface area contributed by atoms with Crippen LogP contribution in [0.4, 0.5) is 5.69 Å². The summed E-state index contributed by atoms with van der Waals surface area (Å²) in [6.45, 7) is 1.63. The van der Waals surface area contributed by atoms with E-state index in [0.29, 0.717) is 42.6 Å². The number of hydrogen-bond acceptors (Lipinski definition) is 5. The summed E-state index contributed by atoms with van der Waals surface area (Å²) in [5, 5.41) is 6.70. The molecule has 0 fully saturated rings. The number of pyridine rings is 1. The Kier molecular flexibility index (Phi) is 8.70. The number of nitrogens with one attached hydrogen (secondary N) is 2. The van der Waals surface area contributed by atoms with Crippen LogP contribution in [0.25, 0.3) is 10.9 Å². The summed E-state index contributed by atoms with van der Waals surface area (Å²) in [5.41, 5.74) is 14.4. The minimum Gasteiger partial charge on any atom is -0.343 e. The monoisotopic (exact) mass is 463 g/mol. The molecule has 0 aliphatic heterocycles. The molecule has 0 saturated heterocycles. The molecule has 34 heavy (non-hydrogen) atoms. The van der Waals surface area contributed by atoms with E-state index in [1.165, 1.54) is 0 Å². The Labute approximate surface area is 200 Å². The van der Waals surface area contributed by atoms with Crippen molar-refractivity contribution < 1.29 is 14.1 Å². The standard InChI is InChI=1S/C26H34N6O2/c1-32(2,15-14-27)18-22(28)25(33)31-24(13-12-19-8-4-3-5-9-19)26(34)30-21-16-20-10-6-7-11-23(20)29-17-21/h3-11,16-17,22,24H,12-15,18,27-28H2,1-2H3,(H-,30,31,33,34)/p+1/t22-,24+/m0/s1. The van der Waals surface area contributed by atoms with Gasteiger partial charge < -0.3 is 26.6 Å². The molecule has 0 aliphatic carbocycles. The van der Waals surface area contributed by atoms with Gasteiger partial charge in [0.05, 0.1) is 38.0 Å². The Morgan fingerprint density at radius 2 is 1.74 bits per heavy atom. The molecule has 8 heteroatoms. The number of benzene rings is 2. The fraction of sp³-hybridized carbons (Fsp3) is 0.346. The summed E-state index contributed by atoms with van der Waals surface area (Å²) < 4.78 is 0.523. The van der Waals surface area contributed by atoms with E-state index in [0.717, 1.165) is 16.5 Å².